The van der Waals surface area contributed by atoms with Gasteiger partial charge in [0.2, 0.25) is 30.7 Å². The highest BCUT2D eigenvalue weighted by atomic mass is 31.2. The third-order valence-corrected chi connectivity index (χ3v) is 24.3. The van der Waals surface area contributed by atoms with E-state index < -0.39 is 112 Å². The van der Waals surface area contributed by atoms with Crippen LogP contribution in [0.25, 0.3) is 38.3 Å². The normalized spacial score (nSPS) is 18.4. The zero-order chi connectivity index (χ0) is 89.4. The summed E-state index contributed by atoms with van der Waals surface area (Å²) in [5.74, 6) is -2.02. The van der Waals surface area contributed by atoms with Gasteiger partial charge in [0.1, 0.15) is 85.4 Å². The maximum absolute atomic E-state index is 14.0. The number of nitrogens with zero attached hydrogens (tertiary/aromatic N) is 7. The summed E-state index contributed by atoms with van der Waals surface area (Å²) in [5, 5.41) is 22.5. The average molecular weight is 1760 g/mol. The Morgan fingerprint density at radius 2 is 1.22 bits per heavy atom. The van der Waals surface area contributed by atoms with E-state index in [1.165, 1.54) is 39.9 Å². The average Bonchev–Trinajstić information content (AvgIpc) is 1.32. The van der Waals surface area contributed by atoms with Gasteiger partial charge in [0.05, 0.1) is 33.6 Å². The largest absolute Gasteiger partial charge is 0.573 e. The summed E-state index contributed by atoms with van der Waals surface area (Å²) in [5.41, 5.74) is 9.27. The molecule has 15 rings (SSSR count). The number of aromatic nitrogens is 4. The lowest BCUT2D eigenvalue weighted by molar-refractivity contribution is -0.155. The summed E-state index contributed by atoms with van der Waals surface area (Å²) < 4.78 is 70.2. The Hall–Kier alpha value is -13.4. The Balaban J connectivity index is 0.619. The van der Waals surface area contributed by atoms with E-state index in [-0.39, 0.29) is 137 Å². The van der Waals surface area contributed by atoms with Gasteiger partial charge in [-0.1, -0.05) is 164 Å². The number of carbonyl (C=O) groups is 7. The number of aromatic amines is 1. The lowest BCUT2D eigenvalue weighted by Gasteiger charge is -2.37. The van der Waals surface area contributed by atoms with E-state index in [0.717, 1.165) is 44.5 Å². The minimum atomic E-state index is -4.78. The Morgan fingerprint density at radius 1 is 0.648 bits per heavy atom. The predicted molar refractivity (Wildman–Crippen MR) is 469 cm³/mol. The molecule has 34 heteroatoms. The molecule has 3 aliphatic heterocycles. The maximum atomic E-state index is 14.0. The number of imidazole rings is 1. The smallest absolute Gasteiger partial charge is 0.497 e. The fourth-order valence-electron chi connectivity index (χ4n) is 16.4. The number of anilines is 1. The first-order valence-electron chi connectivity index (χ1n) is 41.9. The molecular weight excluding hydrogens is 1660 g/mol. The van der Waals surface area contributed by atoms with Crippen LogP contribution in [0.3, 0.4) is 0 Å². The minimum Gasteiger partial charge on any atom is -0.497 e. The number of fused-ring (bicyclic) bond motifs is 7. The van der Waals surface area contributed by atoms with E-state index in [9.17, 15) is 48.4 Å². The summed E-state index contributed by atoms with van der Waals surface area (Å²) in [4.78, 5) is 141. The van der Waals surface area contributed by atoms with Crippen molar-refractivity contribution in [3.8, 4) is 33.8 Å². The van der Waals surface area contributed by atoms with Crippen molar-refractivity contribution in [3.05, 3.63) is 291 Å². The Labute approximate surface area is 737 Å². The van der Waals surface area contributed by atoms with Crippen LogP contribution in [0.15, 0.2) is 229 Å². The number of hydrogen-bond donors (Lipinski definition) is 7. The van der Waals surface area contributed by atoms with Gasteiger partial charge >= 0.3 is 26.3 Å². The summed E-state index contributed by atoms with van der Waals surface area (Å²) in [6, 6.07) is 62.7. The number of carbonyl (C=O) groups excluding carboxylic acids is 7. The van der Waals surface area contributed by atoms with Crippen LogP contribution >= 0.6 is 8.17 Å². The number of aliphatic hydroxyl groups is 1. The highest BCUT2D eigenvalue weighted by Gasteiger charge is 2.56. The molecule has 0 radical (unpaired) electrons. The van der Waals surface area contributed by atoms with Crippen LogP contribution in [0.5, 0.6) is 11.5 Å². The Bertz CT molecular complexity index is 5720. The lowest BCUT2D eigenvalue weighted by Crippen LogP contribution is -2.43. The van der Waals surface area contributed by atoms with Gasteiger partial charge < -0.3 is 78.4 Å². The van der Waals surface area contributed by atoms with Crippen LogP contribution in [0.1, 0.15) is 125 Å². The molecule has 5 heterocycles. The molecule has 0 saturated carbocycles. The summed E-state index contributed by atoms with van der Waals surface area (Å²) >= 11 is 0. The number of esters is 1. The number of amides is 5. The molecule has 5 aliphatic rings. The molecule has 7 N–H and O–H groups in total. The molecule has 8 atom stereocenters. The number of amidine groups is 1. The second kappa shape index (κ2) is 40.9. The monoisotopic (exact) mass is 1760 g/mol. The van der Waals surface area contributed by atoms with Crippen molar-refractivity contribution >= 4 is 72.8 Å². The third kappa shape index (κ3) is 20.8. The fourth-order valence-corrected chi connectivity index (χ4v) is 17.8. The lowest BCUT2D eigenvalue weighted by atomic mass is 9.80. The van der Waals surface area contributed by atoms with E-state index in [1.54, 1.807) is 69.8 Å². The second-order valence-corrected chi connectivity index (χ2v) is 32.7. The molecule has 4 unspecified atom stereocenters. The minimum absolute atomic E-state index is 0.00547. The maximum Gasteiger partial charge on any atom is 0.573 e. The van der Waals surface area contributed by atoms with Crippen LogP contribution < -0.4 is 36.3 Å². The Kier molecular flexibility index (Phi) is 28.6. The van der Waals surface area contributed by atoms with Gasteiger partial charge in [-0.15, -0.1) is 9.05 Å². The predicted octanol–water partition coefficient (Wildman–Crippen LogP) is 11.9. The molecule has 33 nitrogen and oxygen atoms in total. The number of aliphatic imine (C=N–C) groups is 1. The molecule has 0 spiro atoms. The Morgan fingerprint density at radius 3 is 1.82 bits per heavy atom. The number of benzene rings is 8. The first-order valence-corrected chi connectivity index (χ1v) is 43.4. The first kappa shape index (κ1) is 89.4. The number of methoxy groups -OCH3 is 2. The second-order valence-electron chi connectivity index (χ2n) is 31.1. The van der Waals surface area contributed by atoms with Gasteiger partial charge in [-0.05, 0) is 123 Å². The van der Waals surface area contributed by atoms with Crippen LogP contribution in [0, 0.1) is 6.57 Å². The highest BCUT2D eigenvalue weighted by molar-refractivity contribution is 7.55. The quantitative estimate of drug-likeness (QED) is 0.00475. The van der Waals surface area contributed by atoms with E-state index in [4.69, 9.17) is 58.0 Å². The van der Waals surface area contributed by atoms with Crippen LogP contribution in [-0.4, -0.2) is 198 Å². The van der Waals surface area contributed by atoms with E-state index >= 15 is 0 Å². The molecule has 662 valence electrons. The number of H-pyrrole nitrogens is 1. The zero-order valence-corrected chi connectivity index (χ0v) is 71.4. The SMILES string of the molecule is [C-]#[N+]CCO[P+](O)(OC[C@H]1O[C@@H](N2C=CC(NC(=O)CCCN(C)C(=O)OCC3c4ccccc4-c4ccccc43)=NC2O)CC1OC(=O)CCC(C)=O)OC1C[C@H](n2cnc3c(=O)[nH]c(NC(=O)CCNC(=O)c4ccc(CNC(=O)OCC5c6ccccc6-c6ccccc65)cc4)nc32)O[C@@H]1COC(c1ccccc1)(c1ccc(OC)cc1)c1ccc(OC)cc1. The fraction of sp³-hybridized carbons (Fsp3) is 0.319. The number of Topliss-reactive ketones (excluding diaryl/α,β-unsaturated/α-hetero) is 1. The third-order valence-electron chi connectivity index (χ3n) is 22.8. The number of ketones is 1. The van der Waals surface area contributed by atoms with Gasteiger partial charge in [0, 0.05) is 82.4 Å². The summed E-state index contributed by atoms with van der Waals surface area (Å²) in [6.45, 7) is 7.80. The van der Waals surface area contributed by atoms with Crippen molar-refractivity contribution in [2.45, 2.75) is 119 Å². The molecular formula is C94H96N12O21P+. The molecule has 10 aromatic rings. The number of nitrogens with one attached hydrogen (secondary N) is 5. The number of hydrogen-bond acceptors (Lipinski definition) is 25. The highest BCUT2D eigenvalue weighted by Crippen LogP contribution is 2.61. The van der Waals surface area contributed by atoms with E-state index in [2.05, 4.69) is 70.3 Å². The number of rotatable bonds is 37. The van der Waals surface area contributed by atoms with Crippen LogP contribution in [0.2, 0.25) is 0 Å². The van der Waals surface area contributed by atoms with Crippen LogP contribution in [0.4, 0.5) is 15.5 Å². The summed E-state index contributed by atoms with van der Waals surface area (Å²) in [6.07, 6.45) is -6.73. The molecule has 2 fully saturated rings. The zero-order valence-electron chi connectivity index (χ0n) is 70.5. The van der Waals surface area contributed by atoms with Crippen LogP contribution in [-0.2, 0) is 73.3 Å². The van der Waals surface area contributed by atoms with Crippen molar-refractivity contribution in [2.24, 2.45) is 4.99 Å². The standard InChI is InChI=1S/C94H95N12O21P/c1-58(107)29-42-85(110)126-76-50-83(105-48-44-80(100-91(105)113)99-81(108)28-17-47-104(3)93(115)120-54-75-72-26-15-11-22-68(72)69-23-12-16-27-73(69)75)125-79(76)56-123-128(116,122-49-46-95-2)127-77-51-84(124-78(77)55-121-94(61-18-7-6-8-19-61,62-34-38-64(117-4)39-35-62)63-36-40-65(118-5)41-37-63)106-57-98-86-87(106)102-90(103-89(86)112)101-82(109)43-45-96-88(111)60-32-30-59(31-33-60)52-97-92(114)119-53-74-70-24-13-9-20-66(70)67-21-10-14-25-71(67)74/h6-16,18-27,30-41,44,48,57,74-79,83-84,91,113,116H,17,28-29,42-43,45-47,49-56H2,1,3-5H3,(H4-,96,97,99,100,101,102,103,108,109,111,112,114)/p+1/t76?,77?,78-,79-,83-,84-,91?,128?/m1/s1. The van der Waals surface area contributed by atoms with Crippen molar-refractivity contribution in [1.29, 1.82) is 0 Å². The molecule has 2 aliphatic carbocycles. The van der Waals surface area contributed by atoms with Crippen molar-refractivity contribution in [3.63, 3.8) is 0 Å². The molecule has 128 heavy (non-hydrogen) atoms. The van der Waals surface area contributed by atoms with E-state index in [0.29, 0.717) is 33.8 Å². The number of ether oxygens (including phenoxy) is 8. The molecule has 2 saturated heterocycles. The molecule has 8 aromatic carbocycles. The molecule has 0 bridgehead atoms. The molecule has 2 aromatic heterocycles. The van der Waals surface area contributed by atoms with Gasteiger partial charge in [-0.3, -0.25) is 38.8 Å². The first-order chi connectivity index (χ1) is 62.1. The van der Waals surface area contributed by atoms with Crippen molar-refractivity contribution in [2.75, 3.05) is 79.3 Å². The van der Waals surface area contributed by atoms with Gasteiger partial charge in [-0.25, -0.2) is 26.1 Å². The van der Waals surface area contributed by atoms with Gasteiger partial charge in [-0.2, -0.15) is 14.4 Å². The molecule has 5 amide bonds. The topological polar surface area (TPSA) is 396 Å². The van der Waals surface area contributed by atoms with E-state index in [1.807, 2.05) is 127 Å². The van der Waals surface area contributed by atoms with Gasteiger partial charge in [0.15, 0.2) is 17.8 Å². The number of alkyl carbamates (subject to hydrolysis) is 1. The van der Waals surface area contributed by atoms with Crippen molar-refractivity contribution in [1.82, 2.24) is 45.3 Å². The van der Waals surface area contributed by atoms with Crippen molar-refractivity contribution < 1.29 is 95.0 Å². The summed E-state index contributed by atoms with van der Waals surface area (Å²) in [7, 11) is -0.0903. The number of aliphatic hydroxyl groups excluding tert-OH is 1. The van der Waals surface area contributed by atoms with Gasteiger partial charge in [0.25, 0.3) is 11.5 Å².